The van der Waals surface area contributed by atoms with Gasteiger partial charge >= 0.3 is 5.97 Å². The molecule has 0 saturated heterocycles. The average Bonchev–Trinajstić information content (AvgIpc) is 3.01. The lowest BCUT2D eigenvalue weighted by Crippen LogP contribution is -2.43. The maximum atomic E-state index is 12.5. The molecule has 0 unspecified atom stereocenters. The van der Waals surface area contributed by atoms with Crippen LogP contribution in [0.25, 0.3) is 0 Å². The van der Waals surface area contributed by atoms with Crippen LogP contribution in [0.1, 0.15) is 51.9 Å². The van der Waals surface area contributed by atoms with Crippen molar-refractivity contribution in [3.05, 3.63) is 0 Å². The van der Waals surface area contributed by atoms with Crippen LogP contribution in [0.2, 0.25) is 0 Å². The molecule has 2 aliphatic rings. The number of nitrogens with zero attached hydrogens (tertiary/aromatic N) is 1. The lowest BCUT2D eigenvalue weighted by atomic mass is 9.87. The summed E-state index contributed by atoms with van der Waals surface area (Å²) in [5.74, 6) is -0.626. The fourth-order valence-corrected chi connectivity index (χ4v) is 2.77. The van der Waals surface area contributed by atoms with E-state index in [1.165, 1.54) is 0 Å². The summed E-state index contributed by atoms with van der Waals surface area (Å²) in [7, 11) is 0. The van der Waals surface area contributed by atoms with Gasteiger partial charge < -0.3 is 10.0 Å². The van der Waals surface area contributed by atoms with Crippen LogP contribution >= 0.6 is 0 Å². The van der Waals surface area contributed by atoms with Gasteiger partial charge in [0.1, 0.15) is 0 Å². The Morgan fingerprint density at radius 1 is 1.29 bits per heavy atom. The van der Waals surface area contributed by atoms with Crippen LogP contribution in [-0.2, 0) is 9.59 Å². The lowest BCUT2D eigenvalue weighted by molar-refractivity contribution is -0.143. The molecule has 2 fully saturated rings. The molecule has 17 heavy (non-hydrogen) atoms. The topological polar surface area (TPSA) is 57.6 Å². The van der Waals surface area contributed by atoms with Crippen molar-refractivity contribution in [2.45, 2.75) is 57.9 Å². The molecule has 1 amide bonds. The SMILES string of the molecule is CC1(C(=O)N(CCC(=O)O)C2CC2)CCCC1. The molecule has 2 aliphatic carbocycles. The monoisotopic (exact) mass is 239 g/mol. The fourth-order valence-electron chi connectivity index (χ4n) is 2.77. The van der Waals surface area contributed by atoms with Gasteiger partial charge in [-0.3, -0.25) is 9.59 Å². The molecule has 2 saturated carbocycles. The highest BCUT2D eigenvalue weighted by Gasteiger charge is 2.43. The van der Waals surface area contributed by atoms with Crippen molar-refractivity contribution in [3.63, 3.8) is 0 Å². The normalized spacial score (nSPS) is 22.4. The zero-order valence-electron chi connectivity index (χ0n) is 10.4. The van der Waals surface area contributed by atoms with Crippen LogP contribution in [-0.4, -0.2) is 34.5 Å². The van der Waals surface area contributed by atoms with Crippen LogP contribution in [0.15, 0.2) is 0 Å². The number of rotatable bonds is 5. The number of hydrogen-bond donors (Lipinski definition) is 1. The molecule has 0 heterocycles. The Morgan fingerprint density at radius 3 is 2.35 bits per heavy atom. The Hall–Kier alpha value is -1.06. The summed E-state index contributed by atoms with van der Waals surface area (Å²) >= 11 is 0. The molecule has 96 valence electrons. The van der Waals surface area contributed by atoms with Gasteiger partial charge in [-0.2, -0.15) is 0 Å². The zero-order valence-corrected chi connectivity index (χ0v) is 10.4. The summed E-state index contributed by atoms with van der Waals surface area (Å²) < 4.78 is 0. The second kappa shape index (κ2) is 4.67. The first-order valence-electron chi connectivity index (χ1n) is 6.56. The van der Waals surface area contributed by atoms with Crippen molar-refractivity contribution in [1.29, 1.82) is 0 Å². The van der Waals surface area contributed by atoms with Crippen molar-refractivity contribution in [2.75, 3.05) is 6.54 Å². The second-order valence-corrected chi connectivity index (χ2v) is 5.64. The van der Waals surface area contributed by atoms with Crippen LogP contribution in [0.4, 0.5) is 0 Å². The first kappa shape index (κ1) is 12.4. The Labute approximate surface area is 102 Å². The van der Waals surface area contributed by atoms with Crippen molar-refractivity contribution in [1.82, 2.24) is 4.90 Å². The summed E-state index contributed by atoms with van der Waals surface area (Å²) in [5.41, 5.74) is -0.221. The Bertz CT molecular complexity index is 317. The summed E-state index contributed by atoms with van der Waals surface area (Å²) in [5, 5.41) is 8.74. The summed E-state index contributed by atoms with van der Waals surface area (Å²) in [4.78, 5) is 25.0. The first-order valence-corrected chi connectivity index (χ1v) is 6.56. The van der Waals surface area contributed by atoms with E-state index >= 15 is 0 Å². The maximum absolute atomic E-state index is 12.5. The van der Waals surface area contributed by atoms with E-state index in [4.69, 9.17) is 5.11 Å². The van der Waals surface area contributed by atoms with Crippen molar-refractivity contribution in [3.8, 4) is 0 Å². The van der Waals surface area contributed by atoms with E-state index in [1.807, 2.05) is 11.8 Å². The van der Waals surface area contributed by atoms with Crippen LogP contribution in [0.3, 0.4) is 0 Å². The molecular formula is C13H21NO3. The molecular weight excluding hydrogens is 218 g/mol. The highest BCUT2D eigenvalue weighted by Crippen LogP contribution is 2.41. The first-order chi connectivity index (χ1) is 8.03. The van der Waals surface area contributed by atoms with Crippen molar-refractivity contribution >= 4 is 11.9 Å². The highest BCUT2D eigenvalue weighted by molar-refractivity contribution is 5.83. The molecule has 0 aromatic carbocycles. The Kier molecular flexibility index (Phi) is 3.40. The van der Waals surface area contributed by atoms with Crippen molar-refractivity contribution < 1.29 is 14.7 Å². The molecule has 4 nitrogen and oxygen atoms in total. The standard InChI is InChI=1S/C13H21NO3/c1-13(7-2-3-8-13)12(17)14(10-4-5-10)9-6-11(15)16/h10H,2-9H2,1H3,(H,15,16). The van der Waals surface area contributed by atoms with Gasteiger partial charge in [-0.15, -0.1) is 0 Å². The van der Waals surface area contributed by atoms with E-state index in [0.717, 1.165) is 38.5 Å². The second-order valence-electron chi connectivity index (χ2n) is 5.64. The van der Waals surface area contributed by atoms with E-state index in [9.17, 15) is 9.59 Å². The van der Waals surface area contributed by atoms with E-state index in [1.54, 1.807) is 0 Å². The van der Waals surface area contributed by atoms with E-state index in [2.05, 4.69) is 0 Å². The quantitative estimate of drug-likeness (QED) is 0.798. The lowest BCUT2D eigenvalue weighted by Gasteiger charge is -2.31. The summed E-state index contributed by atoms with van der Waals surface area (Å²) in [6, 6.07) is 0.319. The van der Waals surface area contributed by atoms with Gasteiger partial charge in [0, 0.05) is 18.0 Å². The molecule has 1 N–H and O–H groups in total. The van der Waals surface area contributed by atoms with Gasteiger partial charge in [-0.05, 0) is 25.7 Å². The van der Waals surface area contributed by atoms with Crippen molar-refractivity contribution in [2.24, 2.45) is 5.41 Å². The minimum absolute atomic E-state index is 0.0678. The molecule has 4 heteroatoms. The minimum Gasteiger partial charge on any atom is -0.481 e. The number of hydrogen-bond acceptors (Lipinski definition) is 2. The summed E-state index contributed by atoms with van der Waals surface area (Å²) in [6.07, 6.45) is 6.32. The zero-order chi connectivity index (χ0) is 12.5. The van der Waals surface area contributed by atoms with Gasteiger partial charge in [0.05, 0.1) is 6.42 Å². The molecule has 0 aromatic heterocycles. The third-order valence-electron chi connectivity index (χ3n) is 4.04. The minimum atomic E-state index is -0.819. The number of amides is 1. The molecule has 2 rings (SSSR count). The third-order valence-corrected chi connectivity index (χ3v) is 4.04. The van der Waals surface area contributed by atoms with Gasteiger partial charge in [0.25, 0.3) is 0 Å². The molecule has 0 atom stereocenters. The van der Waals surface area contributed by atoms with Gasteiger partial charge in [0.15, 0.2) is 0 Å². The maximum Gasteiger partial charge on any atom is 0.305 e. The predicted molar refractivity (Wildman–Crippen MR) is 63.6 cm³/mol. The largest absolute Gasteiger partial charge is 0.481 e. The number of carboxylic acid groups (broad SMARTS) is 1. The fraction of sp³-hybridized carbons (Fsp3) is 0.846. The smallest absolute Gasteiger partial charge is 0.305 e. The number of aliphatic carboxylic acids is 1. The Morgan fingerprint density at radius 2 is 1.88 bits per heavy atom. The molecule has 0 aliphatic heterocycles. The van der Waals surface area contributed by atoms with E-state index in [-0.39, 0.29) is 17.7 Å². The Balaban J connectivity index is 1.99. The number of carboxylic acids is 1. The van der Waals surface area contributed by atoms with Crippen LogP contribution < -0.4 is 0 Å². The molecule has 0 aromatic rings. The predicted octanol–water partition coefficient (Wildman–Crippen LogP) is 2.03. The van der Waals surface area contributed by atoms with Gasteiger partial charge in [-0.25, -0.2) is 0 Å². The van der Waals surface area contributed by atoms with Crippen LogP contribution in [0.5, 0.6) is 0 Å². The van der Waals surface area contributed by atoms with E-state index < -0.39 is 5.97 Å². The van der Waals surface area contributed by atoms with E-state index in [0.29, 0.717) is 12.6 Å². The van der Waals surface area contributed by atoms with Gasteiger partial charge in [-0.1, -0.05) is 19.8 Å². The molecule has 0 spiro atoms. The number of carbonyl (C=O) groups excluding carboxylic acids is 1. The average molecular weight is 239 g/mol. The highest BCUT2D eigenvalue weighted by atomic mass is 16.4. The van der Waals surface area contributed by atoms with Gasteiger partial charge in [0.2, 0.25) is 5.91 Å². The summed E-state index contributed by atoms with van der Waals surface area (Å²) in [6.45, 7) is 2.42. The molecule has 0 radical (unpaired) electrons. The van der Waals surface area contributed by atoms with Crippen LogP contribution in [0, 0.1) is 5.41 Å². The number of carbonyl (C=O) groups is 2. The molecule has 0 bridgehead atoms. The third kappa shape index (κ3) is 2.79.